The van der Waals surface area contributed by atoms with E-state index in [4.69, 9.17) is 4.74 Å². The minimum atomic E-state index is 0.578. The van der Waals surface area contributed by atoms with E-state index < -0.39 is 0 Å². The van der Waals surface area contributed by atoms with Gasteiger partial charge in [-0.1, -0.05) is 12.1 Å². The van der Waals surface area contributed by atoms with Crippen molar-refractivity contribution in [2.24, 2.45) is 0 Å². The largest absolute Gasteiger partial charge is 0.497 e. The second-order valence-electron chi connectivity index (χ2n) is 4.11. The molecule has 96 valence electrons. The summed E-state index contributed by atoms with van der Waals surface area (Å²) in [7, 11) is 1.63. The average Bonchev–Trinajstić information content (AvgIpc) is 2.76. The fourth-order valence-corrected chi connectivity index (χ4v) is 2.51. The number of methoxy groups -OCH3 is 1. The van der Waals surface area contributed by atoms with Gasteiger partial charge >= 0.3 is 0 Å². The van der Waals surface area contributed by atoms with Crippen molar-refractivity contribution in [3.05, 3.63) is 45.4 Å². The van der Waals surface area contributed by atoms with E-state index in [1.807, 2.05) is 44.2 Å². The lowest BCUT2D eigenvalue weighted by Gasteiger charge is -2.00. The van der Waals surface area contributed by atoms with Gasteiger partial charge in [0, 0.05) is 4.88 Å². The van der Waals surface area contributed by atoms with Gasteiger partial charge in [-0.05, 0) is 37.6 Å². The number of aromatic nitrogens is 1. The molecule has 3 nitrogen and oxygen atoms in total. The summed E-state index contributed by atoms with van der Waals surface area (Å²) in [4.78, 5) is 5.56. The van der Waals surface area contributed by atoms with Crippen LogP contribution >= 0.6 is 11.3 Å². The molecule has 0 saturated heterocycles. The van der Waals surface area contributed by atoms with Gasteiger partial charge in [0.1, 0.15) is 16.8 Å². The SMILES string of the molecule is COc1cccc(/C=C(\C#N)c2nc(C)c(C)s2)c1. The topological polar surface area (TPSA) is 45.9 Å². The average molecular weight is 270 g/mol. The summed E-state index contributed by atoms with van der Waals surface area (Å²) in [6.07, 6.45) is 1.83. The third kappa shape index (κ3) is 3.01. The molecule has 0 fully saturated rings. The Morgan fingerprint density at radius 3 is 2.79 bits per heavy atom. The molecule has 0 aliphatic carbocycles. The lowest BCUT2D eigenvalue weighted by molar-refractivity contribution is 0.414. The number of hydrogen-bond acceptors (Lipinski definition) is 4. The number of nitriles is 1. The van der Waals surface area contributed by atoms with Crippen LogP contribution in [0.1, 0.15) is 21.1 Å². The van der Waals surface area contributed by atoms with Gasteiger partial charge in [0.25, 0.3) is 0 Å². The number of thiazole rings is 1. The fraction of sp³-hybridized carbons (Fsp3) is 0.200. The zero-order chi connectivity index (χ0) is 13.8. The van der Waals surface area contributed by atoms with Crippen molar-refractivity contribution < 1.29 is 4.74 Å². The summed E-state index contributed by atoms with van der Waals surface area (Å²) in [5.74, 6) is 0.775. The number of rotatable bonds is 3. The molecule has 0 radical (unpaired) electrons. The van der Waals surface area contributed by atoms with E-state index in [0.717, 1.165) is 26.9 Å². The van der Waals surface area contributed by atoms with Gasteiger partial charge in [-0.2, -0.15) is 5.26 Å². The molecule has 0 N–H and O–H groups in total. The van der Waals surface area contributed by atoms with Crippen molar-refractivity contribution in [2.75, 3.05) is 7.11 Å². The van der Waals surface area contributed by atoms with Crippen LogP contribution in [0.5, 0.6) is 5.75 Å². The molecule has 1 heterocycles. The summed E-state index contributed by atoms with van der Waals surface area (Å²) in [6.45, 7) is 3.97. The van der Waals surface area contributed by atoms with Crippen LogP contribution in [0.4, 0.5) is 0 Å². The third-order valence-corrected chi connectivity index (χ3v) is 3.89. The van der Waals surface area contributed by atoms with Crippen molar-refractivity contribution in [2.45, 2.75) is 13.8 Å². The maximum Gasteiger partial charge on any atom is 0.134 e. The number of aryl methyl sites for hydroxylation is 2. The van der Waals surface area contributed by atoms with Gasteiger partial charge in [-0.15, -0.1) is 11.3 Å². The van der Waals surface area contributed by atoms with Crippen molar-refractivity contribution in [3.8, 4) is 11.8 Å². The molecule has 4 heteroatoms. The molecular formula is C15H14N2OS. The first-order valence-electron chi connectivity index (χ1n) is 5.84. The normalized spacial score (nSPS) is 11.2. The molecule has 0 aliphatic heterocycles. The van der Waals surface area contributed by atoms with Crippen molar-refractivity contribution in [3.63, 3.8) is 0 Å². The first-order valence-corrected chi connectivity index (χ1v) is 6.66. The predicted molar refractivity (Wildman–Crippen MR) is 78.1 cm³/mol. The molecule has 2 rings (SSSR count). The first kappa shape index (κ1) is 13.3. The number of allylic oxidation sites excluding steroid dienone is 1. The number of ether oxygens (including phenoxy) is 1. The predicted octanol–water partition coefficient (Wildman–Crippen LogP) is 3.83. The molecule has 0 aliphatic rings. The Morgan fingerprint density at radius 1 is 1.42 bits per heavy atom. The minimum Gasteiger partial charge on any atom is -0.497 e. The first-order chi connectivity index (χ1) is 9.13. The zero-order valence-corrected chi connectivity index (χ0v) is 11.9. The smallest absolute Gasteiger partial charge is 0.134 e. The van der Waals surface area contributed by atoms with Gasteiger partial charge in [-0.25, -0.2) is 4.98 Å². The van der Waals surface area contributed by atoms with E-state index in [-0.39, 0.29) is 0 Å². The van der Waals surface area contributed by atoms with Crippen LogP contribution in [0.2, 0.25) is 0 Å². The zero-order valence-electron chi connectivity index (χ0n) is 11.1. The number of benzene rings is 1. The van der Waals surface area contributed by atoms with Crippen molar-refractivity contribution >= 4 is 23.0 Å². The van der Waals surface area contributed by atoms with E-state index in [2.05, 4.69) is 11.1 Å². The second kappa shape index (κ2) is 5.68. The van der Waals surface area contributed by atoms with Gasteiger partial charge in [0.05, 0.1) is 18.4 Å². The van der Waals surface area contributed by atoms with Crippen LogP contribution in [0.25, 0.3) is 11.6 Å². The van der Waals surface area contributed by atoms with Crippen LogP contribution in [0, 0.1) is 25.2 Å². The van der Waals surface area contributed by atoms with Gasteiger partial charge in [-0.3, -0.25) is 0 Å². The Kier molecular flexibility index (Phi) is 3.98. The second-order valence-corrected chi connectivity index (χ2v) is 5.31. The van der Waals surface area contributed by atoms with E-state index in [1.165, 1.54) is 0 Å². The highest BCUT2D eigenvalue weighted by molar-refractivity contribution is 7.12. The van der Waals surface area contributed by atoms with Crippen LogP contribution in [-0.2, 0) is 0 Å². The van der Waals surface area contributed by atoms with Crippen molar-refractivity contribution in [1.29, 1.82) is 5.26 Å². The quantitative estimate of drug-likeness (QED) is 0.796. The molecule has 0 spiro atoms. The molecule has 19 heavy (non-hydrogen) atoms. The molecule has 0 amide bonds. The van der Waals surface area contributed by atoms with E-state index in [9.17, 15) is 5.26 Å². The molecular weight excluding hydrogens is 256 g/mol. The van der Waals surface area contributed by atoms with Crippen molar-refractivity contribution in [1.82, 2.24) is 4.98 Å². The molecule has 0 saturated carbocycles. The van der Waals surface area contributed by atoms with Crippen LogP contribution in [0.15, 0.2) is 24.3 Å². The Hall–Kier alpha value is -2.12. The maximum atomic E-state index is 9.28. The Labute approximate surface area is 116 Å². The van der Waals surface area contributed by atoms with E-state index in [1.54, 1.807) is 18.4 Å². The molecule has 1 aromatic heterocycles. The summed E-state index contributed by atoms with van der Waals surface area (Å²) in [5, 5.41) is 10.0. The molecule has 0 atom stereocenters. The Balaban J connectivity index is 2.41. The highest BCUT2D eigenvalue weighted by Crippen LogP contribution is 2.25. The lowest BCUT2D eigenvalue weighted by atomic mass is 10.1. The van der Waals surface area contributed by atoms with Gasteiger partial charge in [0.15, 0.2) is 0 Å². The third-order valence-electron chi connectivity index (χ3n) is 2.78. The highest BCUT2D eigenvalue weighted by Gasteiger charge is 2.08. The Morgan fingerprint density at radius 2 is 2.21 bits per heavy atom. The lowest BCUT2D eigenvalue weighted by Crippen LogP contribution is -1.84. The van der Waals surface area contributed by atoms with E-state index in [0.29, 0.717) is 5.57 Å². The summed E-state index contributed by atoms with van der Waals surface area (Å²) < 4.78 is 5.17. The summed E-state index contributed by atoms with van der Waals surface area (Å²) in [5.41, 5.74) is 2.49. The monoisotopic (exact) mass is 270 g/mol. The fourth-order valence-electron chi connectivity index (χ4n) is 1.63. The highest BCUT2D eigenvalue weighted by atomic mass is 32.1. The minimum absolute atomic E-state index is 0.578. The van der Waals surface area contributed by atoms with Crippen LogP contribution in [-0.4, -0.2) is 12.1 Å². The molecule has 0 unspecified atom stereocenters. The summed E-state index contributed by atoms with van der Waals surface area (Å²) in [6, 6.07) is 9.82. The number of nitrogens with zero attached hydrogens (tertiary/aromatic N) is 2. The molecule has 2 aromatic rings. The number of hydrogen-bond donors (Lipinski definition) is 0. The van der Waals surface area contributed by atoms with Gasteiger partial charge < -0.3 is 4.74 Å². The molecule has 1 aromatic carbocycles. The molecule has 0 bridgehead atoms. The van der Waals surface area contributed by atoms with Crippen LogP contribution in [0.3, 0.4) is 0 Å². The maximum absolute atomic E-state index is 9.28. The van der Waals surface area contributed by atoms with Gasteiger partial charge in [0.2, 0.25) is 0 Å². The Bertz CT molecular complexity index is 646. The van der Waals surface area contributed by atoms with Crippen LogP contribution < -0.4 is 4.74 Å². The van der Waals surface area contributed by atoms with E-state index >= 15 is 0 Å². The summed E-state index contributed by atoms with van der Waals surface area (Å²) >= 11 is 1.54. The standard InChI is InChI=1S/C15H14N2OS/c1-10-11(2)19-15(17-10)13(9-16)7-12-5-4-6-14(8-12)18-3/h4-8H,1-3H3/b13-7+.